The molecule has 1 aromatic rings. The first-order valence-corrected chi connectivity index (χ1v) is 6.20. The molecule has 0 saturated heterocycles. The SMILES string of the molecule is COC(=O)CN(C)CCC(=O)Nc1cccc(Cl)c1. The van der Waals surface area contributed by atoms with Gasteiger partial charge in [-0.25, -0.2) is 0 Å². The van der Waals surface area contributed by atoms with Crippen LogP contribution in [0.4, 0.5) is 5.69 Å². The topological polar surface area (TPSA) is 58.6 Å². The maximum Gasteiger partial charge on any atom is 0.319 e. The number of benzene rings is 1. The highest BCUT2D eigenvalue weighted by molar-refractivity contribution is 6.30. The fraction of sp³-hybridized carbons (Fsp3) is 0.385. The third kappa shape index (κ3) is 6.22. The van der Waals surface area contributed by atoms with E-state index < -0.39 is 0 Å². The van der Waals surface area contributed by atoms with Crippen molar-refractivity contribution in [3.63, 3.8) is 0 Å². The average molecular weight is 285 g/mol. The zero-order valence-corrected chi connectivity index (χ0v) is 11.7. The monoisotopic (exact) mass is 284 g/mol. The van der Waals surface area contributed by atoms with E-state index in [9.17, 15) is 9.59 Å². The van der Waals surface area contributed by atoms with Crippen molar-refractivity contribution in [3.8, 4) is 0 Å². The Morgan fingerprint density at radius 3 is 2.79 bits per heavy atom. The van der Waals surface area contributed by atoms with Gasteiger partial charge >= 0.3 is 5.97 Å². The molecule has 0 unspecified atom stereocenters. The molecule has 0 saturated carbocycles. The first-order chi connectivity index (χ1) is 9.01. The summed E-state index contributed by atoms with van der Waals surface area (Å²) in [6.07, 6.45) is 0.292. The lowest BCUT2D eigenvalue weighted by Gasteiger charge is -2.14. The Bertz CT molecular complexity index is 451. The molecule has 19 heavy (non-hydrogen) atoms. The minimum atomic E-state index is -0.322. The molecule has 0 aromatic heterocycles. The molecule has 104 valence electrons. The molecule has 1 aromatic carbocycles. The van der Waals surface area contributed by atoms with Crippen LogP contribution in [0.15, 0.2) is 24.3 Å². The maximum absolute atomic E-state index is 11.7. The molecule has 5 nitrogen and oxygen atoms in total. The van der Waals surface area contributed by atoms with Crippen molar-refractivity contribution < 1.29 is 14.3 Å². The van der Waals surface area contributed by atoms with E-state index in [1.54, 1.807) is 36.2 Å². The van der Waals surface area contributed by atoms with Crippen molar-refractivity contribution in [2.45, 2.75) is 6.42 Å². The third-order valence-electron chi connectivity index (χ3n) is 2.46. The number of carbonyl (C=O) groups is 2. The van der Waals surface area contributed by atoms with Gasteiger partial charge in [0.1, 0.15) is 0 Å². The Morgan fingerprint density at radius 1 is 1.42 bits per heavy atom. The molecular weight excluding hydrogens is 268 g/mol. The molecule has 0 fully saturated rings. The van der Waals surface area contributed by atoms with Crippen LogP contribution in [0, 0.1) is 0 Å². The molecular formula is C13H17ClN2O3. The van der Waals surface area contributed by atoms with Gasteiger partial charge < -0.3 is 10.1 Å². The van der Waals surface area contributed by atoms with Gasteiger partial charge in [-0.15, -0.1) is 0 Å². The highest BCUT2D eigenvalue weighted by atomic mass is 35.5. The molecule has 0 heterocycles. The number of anilines is 1. The number of methoxy groups -OCH3 is 1. The van der Waals surface area contributed by atoms with Crippen LogP contribution in [-0.4, -0.2) is 44.0 Å². The summed E-state index contributed by atoms with van der Waals surface area (Å²) >= 11 is 5.82. The van der Waals surface area contributed by atoms with E-state index in [0.29, 0.717) is 23.7 Å². The lowest BCUT2D eigenvalue weighted by molar-refractivity contribution is -0.141. The largest absolute Gasteiger partial charge is 0.468 e. The van der Waals surface area contributed by atoms with Crippen LogP contribution < -0.4 is 5.32 Å². The van der Waals surface area contributed by atoms with Gasteiger partial charge in [-0.2, -0.15) is 0 Å². The summed E-state index contributed by atoms with van der Waals surface area (Å²) in [5, 5.41) is 3.31. The number of halogens is 1. The zero-order valence-electron chi connectivity index (χ0n) is 11.0. The van der Waals surface area contributed by atoms with Crippen LogP contribution in [0.5, 0.6) is 0 Å². The zero-order chi connectivity index (χ0) is 14.3. The van der Waals surface area contributed by atoms with E-state index in [1.807, 2.05) is 0 Å². The number of likely N-dealkylation sites (N-methyl/N-ethyl adjacent to an activating group) is 1. The molecule has 0 spiro atoms. The number of amides is 1. The van der Waals surface area contributed by atoms with E-state index >= 15 is 0 Å². The maximum atomic E-state index is 11.7. The quantitative estimate of drug-likeness (QED) is 0.809. The number of rotatable bonds is 6. The van der Waals surface area contributed by atoms with Gasteiger partial charge in [0, 0.05) is 23.7 Å². The van der Waals surface area contributed by atoms with Crippen LogP contribution in [0.1, 0.15) is 6.42 Å². The van der Waals surface area contributed by atoms with Gasteiger partial charge in [0.2, 0.25) is 5.91 Å². The highest BCUT2D eigenvalue weighted by Crippen LogP contribution is 2.14. The number of hydrogen-bond donors (Lipinski definition) is 1. The van der Waals surface area contributed by atoms with Crippen molar-refractivity contribution in [1.29, 1.82) is 0 Å². The van der Waals surface area contributed by atoms with Crippen molar-refractivity contribution in [3.05, 3.63) is 29.3 Å². The minimum Gasteiger partial charge on any atom is -0.468 e. The Hall–Kier alpha value is -1.59. The Kier molecular flexibility index (Phi) is 6.32. The predicted octanol–water partition coefficient (Wildman–Crippen LogP) is 1.77. The normalized spacial score (nSPS) is 10.3. The van der Waals surface area contributed by atoms with E-state index in [4.69, 9.17) is 11.6 Å². The van der Waals surface area contributed by atoms with Gasteiger partial charge in [0.15, 0.2) is 0 Å². The van der Waals surface area contributed by atoms with Crippen molar-refractivity contribution >= 4 is 29.2 Å². The van der Waals surface area contributed by atoms with Crippen LogP contribution in [0.25, 0.3) is 0 Å². The number of ether oxygens (including phenoxy) is 1. The number of nitrogens with one attached hydrogen (secondary N) is 1. The summed E-state index contributed by atoms with van der Waals surface area (Å²) < 4.78 is 4.54. The summed E-state index contributed by atoms with van der Waals surface area (Å²) in [4.78, 5) is 24.4. The number of nitrogens with zero attached hydrogens (tertiary/aromatic N) is 1. The van der Waals surface area contributed by atoms with Gasteiger partial charge in [-0.1, -0.05) is 17.7 Å². The number of hydrogen-bond acceptors (Lipinski definition) is 4. The second-order valence-electron chi connectivity index (χ2n) is 4.12. The van der Waals surface area contributed by atoms with Gasteiger partial charge in [-0.3, -0.25) is 14.5 Å². The summed E-state index contributed by atoms with van der Waals surface area (Å²) in [5.41, 5.74) is 0.660. The van der Waals surface area contributed by atoms with Gasteiger partial charge in [0.05, 0.1) is 13.7 Å². The smallest absolute Gasteiger partial charge is 0.319 e. The second kappa shape index (κ2) is 7.76. The second-order valence-corrected chi connectivity index (χ2v) is 4.56. The van der Waals surface area contributed by atoms with E-state index in [2.05, 4.69) is 10.1 Å². The molecule has 1 amide bonds. The van der Waals surface area contributed by atoms with Crippen LogP contribution >= 0.6 is 11.6 Å². The molecule has 0 aliphatic carbocycles. The minimum absolute atomic E-state index is 0.126. The van der Waals surface area contributed by atoms with Crippen molar-refractivity contribution in [2.24, 2.45) is 0 Å². The molecule has 0 atom stereocenters. The molecule has 0 radical (unpaired) electrons. The fourth-order valence-electron chi connectivity index (χ4n) is 1.45. The summed E-state index contributed by atoms with van der Waals surface area (Å²) in [5.74, 6) is -0.447. The van der Waals surface area contributed by atoms with E-state index in [0.717, 1.165) is 0 Å². The van der Waals surface area contributed by atoms with Gasteiger partial charge in [0.25, 0.3) is 0 Å². The van der Waals surface area contributed by atoms with E-state index in [-0.39, 0.29) is 18.4 Å². The molecule has 1 N–H and O–H groups in total. The molecule has 0 bridgehead atoms. The third-order valence-corrected chi connectivity index (χ3v) is 2.69. The molecule has 6 heteroatoms. The van der Waals surface area contributed by atoms with Gasteiger partial charge in [-0.05, 0) is 25.2 Å². The number of esters is 1. The van der Waals surface area contributed by atoms with E-state index in [1.165, 1.54) is 7.11 Å². The van der Waals surface area contributed by atoms with Crippen molar-refractivity contribution in [1.82, 2.24) is 4.90 Å². The Labute approximate surface area is 117 Å². The standard InChI is InChI=1S/C13H17ClN2O3/c1-16(9-13(18)19-2)7-6-12(17)15-11-5-3-4-10(14)8-11/h3-5,8H,6-7,9H2,1-2H3,(H,15,17). The lowest BCUT2D eigenvalue weighted by Crippen LogP contribution is -2.29. The first-order valence-electron chi connectivity index (χ1n) is 5.82. The highest BCUT2D eigenvalue weighted by Gasteiger charge is 2.09. The fourth-order valence-corrected chi connectivity index (χ4v) is 1.64. The molecule has 0 aliphatic heterocycles. The van der Waals surface area contributed by atoms with Crippen molar-refractivity contribution in [2.75, 3.05) is 32.6 Å². The predicted molar refractivity (Wildman–Crippen MR) is 74.2 cm³/mol. The Balaban J connectivity index is 2.34. The van der Waals surface area contributed by atoms with Crippen LogP contribution in [0.2, 0.25) is 5.02 Å². The Morgan fingerprint density at radius 2 is 2.16 bits per heavy atom. The molecule has 1 rings (SSSR count). The summed E-state index contributed by atoms with van der Waals surface area (Å²) in [6, 6.07) is 6.95. The molecule has 0 aliphatic rings. The summed E-state index contributed by atoms with van der Waals surface area (Å²) in [6.45, 7) is 0.641. The lowest BCUT2D eigenvalue weighted by atomic mass is 10.3. The van der Waals surface area contributed by atoms with Crippen LogP contribution in [0.3, 0.4) is 0 Å². The first kappa shape index (κ1) is 15.5. The number of carbonyl (C=O) groups excluding carboxylic acids is 2. The average Bonchev–Trinajstić information content (AvgIpc) is 2.36. The summed E-state index contributed by atoms with van der Waals surface area (Å²) in [7, 11) is 3.09. The van der Waals surface area contributed by atoms with Crippen LogP contribution in [-0.2, 0) is 14.3 Å².